The van der Waals surface area contributed by atoms with Crippen LogP contribution in [-0.2, 0) is 49.4 Å². The van der Waals surface area contributed by atoms with Crippen LogP contribution in [0.2, 0.25) is 0 Å². The molecule has 35 heavy (non-hydrogen) atoms. The van der Waals surface area contributed by atoms with Crippen LogP contribution in [0.5, 0.6) is 0 Å². The van der Waals surface area contributed by atoms with Gasteiger partial charge in [0.25, 0.3) is 0 Å². The molecule has 0 aliphatic heterocycles. The molecule has 0 rings (SSSR count). The van der Waals surface area contributed by atoms with Crippen LogP contribution in [0.4, 0.5) is 0 Å². The number of ether oxygens (including phenoxy) is 4. The van der Waals surface area contributed by atoms with Crippen molar-refractivity contribution in [1.82, 2.24) is 10.6 Å². The van der Waals surface area contributed by atoms with Crippen LogP contribution >= 0.6 is 6.72 Å². The number of hydrogen-bond donors (Lipinski definition) is 4. The highest BCUT2D eigenvalue weighted by atomic mass is 32.5. The van der Waals surface area contributed by atoms with Crippen molar-refractivity contribution < 1.29 is 47.6 Å². The molecule has 4 N–H and O–H groups in total. The summed E-state index contributed by atoms with van der Waals surface area (Å²) >= 11 is 5.07. The first-order chi connectivity index (χ1) is 16.8. The summed E-state index contributed by atoms with van der Waals surface area (Å²) < 4.78 is 31.1. The van der Waals surface area contributed by atoms with Gasteiger partial charge in [0.05, 0.1) is 39.6 Å². The number of nitrogens with one attached hydrogen (secondary N) is 2. The van der Waals surface area contributed by atoms with Crippen LogP contribution < -0.4 is 10.6 Å². The van der Waals surface area contributed by atoms with E-state index in [9.17, 15) is 14.5 Å². The van der Waals surface area contributed by atoms with Gasteiger partial charge in [-0.2, -0.15) is 0 Å². The molecule has 0 aromatic rings. The third-order valence-corrected chi connectivity index (χ3v) is 6.08. The predicted molar refractivity (Wildman–Crippen MR) is 134 cm³/mol. The molecule has 0 aromatic carbocycles. The van der Waals surface area contributed by atoms with Crippen LogP contribution in [0.1, 0.15) is 38.5 Å². The zero-order valence-corrected chi connectivity index (χ0v) is 22.6. The zero-order chi connectivity index (χ0) is 26.2. The Bertz CT molecular complexity index is 560. The van der Waals surface area contributed by atoms with E-state index in [0.717, 1.165) is 12.8 Å². The van der Waals surface area contributed by atoms with E-state index in [2.05, 4.69) is 10.6 Å². The fraction of sp³-hybridized carbons (Fsp3) is 0.905. The number of unbranched alkanes of at least 4 members (excludes halogenated alkanes) is 2. The number of aliphatic hydroxyl groups is 1. The lowest BCUT2D eigenvalue weighted by molar-refractivity contribution is -0.121. The molecule has 1 atom stereocenters. The lowest BCUT2D eigenvalue weighted by Crippen LogP contribution is -2.41. The first-order valence-electron chi connectivity index (χ1n) is 11.8. The van der Waals surface area contributed by atoms with Gasteiger partial charge in [-0.1, -0.05) is 0 Å². The molecule has 0 fully saturated rings. The van der Waals surface area contributed by atoms with E-state index >= 15 is 0 Å². The first-order valence-corrected chi connectivity index (χ1v) is 14.4. The van der Waals surface area contributed by atoms with Crippen molar-refractivity contribution in [3.63, 3.8) is 0 Å². The van der Waals surface area contributed by atoms with Crippen molar-refractivity contribution in [3.8, 4) is 0 Å². The average molecular weight is 547 g/mol. The number of methoxy groups -OCH3 is 2. The van der Waals surface area contributed by atoms with E-state index in [4.69, 9.17) is 44.9 Å². The highest BCUT2D eigenvalue weighted by Gasteiger charge is 2.23. The largest absolute Gasteiger partial charge is 0.394 e. The summed E-state index contributed by atoms with van der Waals surface area (Å²) in [5, 5.41) is 14.1. The number of rotatable bonds is 25. The normalized spacial score (nSPS) is 13.1. The Morgan fingerprint density at radius 3 is 1.77 bits per heavy atom. The monoisotopic (exact) mass is 546 g/mol. The van der Waals surface area contributed by atoms with Gasteiger partial charge in [0, 0.05) is 53.4 Å². The Balaban J connectivity index is 4.52. The fourth-order valence-corrected chi connectivity index (χ4v) is 4.14. The van der Waals surface area contributed by atoms with Gasteiger partial charge < -0.3 is 48.6 Å². The Labute approximate surface area is 213 Å². The summed E-state index contributed by atoms with van der Waals surface area (Å²) in [6.07, 6.45) is 2.76. The Morgan fingerprint density at radius 2 is 1.29 bits per heavy atom. The molecule has 0 radical (unpaired) electrons. The van der Waals surface area contributed by atoms with E-state index in [0.29, 0.717) is 52.1 Å². The van der Waals surface area contributed by atoms with E-state index < -0.39 is 12.8 Å². The Morgan fingerprint density at radius 1 is 0.800 bits per heavy atom. The molecule has 0 saturated carbocycles. The molecular formula is C21H43N2O10PS. The molecule has 0 aromatic heterocycles. The second-order valence-corrected chi connectivity index (χ2v) is 10.3. The number of hydrogen-bond acceptors (Lipinski definition) is 10. The van der Waals surface area contributed by atoms with Gasteiger partial charge in [-0.3, -0.25) is 9.59 Å². The summed E-state index contributed by atoms with van der Waals surface area (Å²) in [6.45, 7) is -1.42. The van der Waals surface area contributed by atoms with Crippen LogP contribution in [0.25, 0.3) is 0 Å². The second-order valence-electron chi connectivity index (χ2n) is 7.49. The maximum Gasteiger partial charge on any atom is 0.324 e. The van der Waals surface area contributed by atoms with E-state index in [1.165, 1.54) is 0 Å². The molecule has 14 heteroatoms. The van der Waals surface area contributed by atoms with Crippen LogP contribution in [0, 0.1) is 0 Å². The maximum absolute atomic E-state index is 12.1. The lowest BCUT2D eigenvalue weighted by Gasteiger charge is -2.24. The van der Waals surface area contributed by atoms with Gasteiger partial charge >= 0.3 is 6.72 Å². The Kier molecular flexibility index (Phi) is 23.2. The molecule has 2 amide bonds. The van der Waals surface area contributed by atoms with Gasteiger partial charge in [0.1, 0.15) is 6.10 Å². The van der Waals surface area contributed by atoms with E-state index in [-0.39, 0.29) is 51.3 Å². The van der Waals surface area contributed by atoms with Crippen molar-refractivity contribution in [2.24, 2.45) is 0 Å². The molecule has 1 unspecified atom stereocenters. The average Bonchev–Trinajstić information content (AvgIpc) is 2.83. The van der Waals surface area contributed by atoms with Gasteiger partial charge in [0.2, 0.25) is 11.8 Å². The van der Waals surface area contributed by atoms with Crippen LogP contribution in [0.15, 0.2) is 0 Å². The van der Waals surface area contributed by atoms with Crippen molar-refractivity contribution in [2.75, 3.05) is 80.2 Å². The molecule has 0 saturated heterocycles. The molecule has 0 aliphatic carbocycles. The SMILES string of the molecule is COCCCCC(=O)NCC(CNC(=O)CCCCOC)OP(O)(=S)OCCOCCOCCO. The smallest absolute Gasteiger partial charge is 0.324 e. The van der Waals surface area contributed by atoms with Gasteiger partial charge in [0.15, 0.2) is 0 Å². The predicted octanol–water partition coefficient (Wildman–Crippen LogP) is 0.496. The minimum atomic E-state index is -3.64. The summed E-state index contributed by atoms with van der Waals surface area (Å²) in [4.78, 5) is 34.6. The lowest BCUT2D eigenvalue weighted by atomic mass is 10.2. The van der Waals surface area contributed by atoms with Crippen LogP contribution in [0.3, 0.4) is 0 Å². The topological polar surface area (TPSA) is 154 Å². The second kappa shape index (κ2) is 23.7. The zero-order valence-electron chi connectivity index (χ0n) is 20.9. The minimum Gasteiger partial charge on any atom is -0.394 e. The molecular weight excluding hydrogens is 503 g/mol. The summed E-state index contributed by atoms with van der Waals surface area (Å²) in [5.74, 6) is -0.353. The van der Waals surface area contributed by atoms with E-state index in [1.54, 1.807) is 14.2 Å². The highest BCUT2D eigenvalue weighted by molar-refractivity contribution is 8.07. The number of carbonyl (C=O) groups excluding carboxylic acids is 2. The highest BCUT2D eigenvalue weighted by Crippen LogP contribution is 2.44. The van der Waals surface area contributed by atoms with Gasteiger partial charge in [-0.15, -0.1) is 0 Å². The standard InChI is InChI=1S/C21H43N2O10PS/c1-28-10-5-3-7-20(25)22-17-19(18-23-21(26)8-4-6-11-29-2)33-34(27,35)32-16-15-31-14-13-30-12-9-24/h19,24H,3-18H2,1-2H3,(H,22,25)(H,23,26)(H,27,35). The quantitative estimate of drug-likeness (QED) is 0.0935. The molecule has 0 bridgehead atoms. The third-order valence-electron chi connectivity index (χ3n) is 4.43. The van der Waals surface area contributed by atoms with Crippen molar-refractivity contribution in [3.05, 3.63) is 0 Å². The minimum absolute atomic E-state index is 0.00177. The number of carbonyl (C=O) groups is 2. The summed E-state index contributed by atoms with van der Waals surface area (Å²) in [7, 11) is 3.21. The molecule has 208 valence electrons. The number of amides is 2. The van der Waals surface area contributed by atoms with Gasteiger partial charge in [-0.05, 0) is 37.5 Å². The molecule has 12 nitrogen and oxygen atoms in total. The van der Waals surface area contributed by atoms with Crippen molar-refractivity contribution >= 4 is 30.3 Å². The van der Waals surface area contributed by atoms with E-state index in [1.807, 2.05) is 0 Å². The van der Waals surface area contributed by atoms with Crippen molar-refractivity contribution in [1.29, 1.82) is 0 Å². The molecule has 0 heterocycles. The van der Waals surface area contributed by atoms with Crippen LogP contribution in [-0.4, -0.2) is 108 Å². The third kappa shape index (κ3) is 23.4. The maximum atomic E-state index is 12.1. The first kappa shape index (κ1) is 34.3. The molecule has 0 aliphatic rings. The number of aliphatic hydroxyl groups excluding tert-OH is 1. The summed E-state index contributed by atoms with van der Waals surface area (Å²) in [6, 6.07) is 0. The van der Waals surface area contributed by atoms with Crippen molar-refractivity contribution in [2.45, 2.75) is 44.6 Å². The molecule has 0 spiro atoms. The fourth-order valence-electron chi connectivity index (χ4n) is 2.66. The van der Waals surface area contributed by atoms with Gasteiger partial charge in [-0.25, -0.2) is 0 Å². The summed E-state index contributed by atoms with van der Waals surface area (Å²) in [5.41, 5.74) is 0. The Hall–Kier alpha value is -0.730.